The van der Waals surface area contributed by atoms with Gasteiger partial charge in [0, 0.05) is 38.6 Å². The molecule has 30 heavy (non-hydrogen) atoms. The van der Waals surface area contributed by atoms with E-state index in [1.165, 1.54) is 0 Å². The summed E-state index contributed by atoms with van der Waals surface area (Å²) in [5, 5.41) is 6.22. The lowest BCUT2D eigenvalue weighted by molar-refractivity contribution is 0.0526. The van der Waals surface area contributed by atoms with Gasteiger partial charge in [0.1, 0.15) is 0 Å². The van der Waals surface area contributed by atoms with E-state index < -0.39 is 0 Å². The fourth-order valence-corrected chi connectivity index (χ4v) is 4.74. The fraction of sp³-hybridized carbons (Fsp3) is 0.217. The van der Waals surface area contributed by atoms with E-state index in [1.807, 2.05) is 53.5 Å². The molecule has 0 saturated heterocycles. The predicted octanol–water partition coefficient (Wildman–Crippen LogP) is 6.14. The van der Waals surface area contributed by atoms with Crippen LogP contribution in [-0.4, -0.2) is 26.9 Å². The summed E-state index contributed by atoms with van der Waals surface area (Å²) in [6.45, 7) is 7.12. The smallest absolute Gasteiger partial charge is 0.338 e. The summed E-state index contributed by atoms with van der Waals surface area (Å²) in [7, 11) is 0. The van der Waals surface area contributed by atoms with Gasteiger partial charge in [0.05, 0.1) is 29.6 Å². The fourth-order valence-electron chi connectivity index (χ4n) is 3.48. The third-order valence-electron chi connectivity index (χ3n) is 4.88. The van der Waals surface area contributed by atoms with Gasteiger partial charge in [0.15, 0.2) is 0 Å². The van der Waals surface area contributed by atoms with Crippen LogP contribution >= 0.6 is 23.4 Å². The highest BCUT2D eigenvalue weighted by Crippen LogP contribution is 2.40. The first-order valence-corrected chi connectivity index (χ1v) is 11.0. The Hall–Kier alpha value is -2.70. The molecule has 0 saturated carbocycles. The highest BCUT2D eigenvalue weighted by Gasteiger charge is 2.18. The second-order valence-electron chi connectivity index (χ2n) is 6.82. The second-order valence-corrected chi connectivity index (χ2v) is 8.34. The minimum Gasteiger partial charge on any atom is -0.462 e. The van der Waals surface area contributed by atoms with Gasteiger partial charge < -0.3 is 9.30 Å². The normalized spacial score (nSPS) is 11.2. The van der Waals surface area contributed by atoms with Gasteiger partial charge in [-0.1, -0.05) is 35.5 Å². The largest absolute Gasteiger partial charge is 0.462 e. The summed E-state index contributed by atoms with van der Waals surface area (Å²) >= 11 is 7.95. The van der Waals surface area contributed by atoms with Gasteiger partial charge in [0.25, 0.3) is 0 Å². The number of halogens is 1. The van der Waals surface area contributed by atoms with Crippen molar-refractivity contribution in [3.8, 4) is 5.69 Å². The first-order valence-electron chi connectivity index (χ1n) is 9.80. The van der Waals surface area contributed by atoms with Crippen molar-refractivity contribution in [1.82, 2.24) is 14.3 Å². The van der Waals surface area contributed by atoms with Crippen molar-refractivity contribution in [3.05, 3.63) is 71.1 Å². The van der Waals surface area contributed by atoms with Crippen LogP contribution < -0.4 is 0 Å². The van der Waals surface area contributed by atoms with Crippen molar-refractivity contribution < 1.29 is 9.53 Å². The minimum atomic E-state index is -0.308. The van der Waals surface area contributed by atoms with Crippen molar-refractivity contribution in [3.63, 3.8) is 0 Å². The van der Waals surface area contributed by atoms with Crippen LogP contribution in [0.2, 0.25) is 5.02 Å². The van der Waals surface area contributed by atoms with Crippen LogP contribution in [0.1, 0.15) is 29.9 Å². The molecule has 0 bridgehead atoms. The Morgan fingerprint density at radius 3 is 2.77 bits per heavy atom. The Bertz CT molecular complexity index is 1230. The summed E-state index contributed by atoms with van der Waals surface area (Å²) in [5.41, 5.74) is 3.67. The zero-order chi connectivity index (χ0) is 21.3. The molecule has 4 aromatic rings. The maximum Gasteiger partial charge on any atom is 0.338 e. The summed E-state index contributed by atoms with van der Waals surface area (Å²) in [6.07, 6.45) is 3.90. The van der Waals surface area contributed by atoms with Crippen LogP contribution in [-0.2, 0) is 11.3 Å². The number of carbonyl (C=O) groups is 1. The van der Waals surface area contributed by atoms with E-state index in [0.717, 1.165) is 38.6 Å². The van der Waals surface area contributed by atoms with Crippen LogP contribution in [0, 0.1) is 6.92 Å². The Morgan fingerprint density at radius 2 is 2.03 bits per heavy atom. The van der Waals surface area contributed by atoms with E-state index in [1.54, 1.807) is 24.8 Å². The summed E-state index contributed by atoms with van der Waals surface area (Å²) < 4.78 is 9.22. The molecule has 2 heterocycles. The lowest BCUT2D eigenvalue weighted by Crippen LogP contribution is -2.04. The van der Waals surface area contributed by atoms with Gasteiger partial charge in [0.2, 0.25) is 0 Å². The number of aromatic nitrogens is 3. The molecule has 0 N–H and O–H groups in total. The number of rotatable bonds is 6. The number of carbonyl (C=O) groups excluding carboxylic acids is 1. The van der Waals surface area contributed by atoms with Crippen LogP contribution in [0.3, 0.4) is 0 Å². The van der Waals surface area contributed by atoms with E-state index >= 15 is 0 Å². The maximum absolute atomic E-state index is 12.1. The van der Waals surface area contributed by atoms with Crippen molar-refractivity contribution in [2.24, 2.45) is 0 Å². The molecular formula is C23H22ClN3O2S. The number of ether oxygens (including phenoxy) is 1. The number of nitrogens with zero attached hydrogens (tertiary/aromatic N) is 3. The van der Waals surface area contributed by atoms with Gasteiger partial charge in [-0.2, -0.15) is 5.10 Å². The molecule has 0 radical (unpaired) electrons. The van der Waals surface area contributed by atoms with E-state index in [4.69, 9.17) is 16.3 Å². The number of hydrogen-bond acceptors (Lipinski definition) is 4. The Labute approximate surface area is 184 Å². The predicted molar refractivity (Wildman–Crippen MR) is 121 cm³/mol. The molecule has 0 spiro atoms. The average Bonchev–Trinajstić information content (AvgIpc) is 3.31. The Kier molecular flexibility index (Phi) is 5.88. The van der Waals surface area contributed by atoms with E-state index in [2.05, 4.69) is 23.5 Å². The average molecular weight is 440 g/mol. The number of hydrogen-bond donors (Lipinski definition) is 0. The van der Waals surface area contributed by atoms with Gasteiger partial charge in [-0.25, -0.2) is 4.79 Å². The highest BCUT2D eigenvalue weighted by atomic mass is 35.5. The molecule has 5 nitrogen and oxygen atoms in total. The lowest BCUT2D eigenvalue weighted by atomic mass is 10.2. The topological polar surface area (TPSA) is 49.1 Å². The summed E-state index contributed by atoms with van der Waals surface area (Å²) in [6, 6.07) is 13.5. The third kappa shape index (κ3) is 3.85. The van der Waals surface area contributed by atoms with E-state index in [-0.39, 0.29) is 5.97 Å². The van der Waals surface area contributed by atoms with Gasteiger partial charge in [-0.3, -0.25) is 4.68 Å². The number of benzene rings is 2. The molecule has 0 amide bonds. The zero-order valence-electron chi connectivity index (χ0n) is 17.1. The quantitative estimate of drug-likeness (QED) is 0.339. The molecule has 0 unspecified atom stereocenters. The van der Waals surface area contributed by atoms with Crippen molar-refractivity contribution >= 4 is 40.2 Å². The van der Waals surface area contributed by atoms with E-state index in [9.17, 15) is 4.79 Å². The number of fused-ring (bicyclic) bond motifs is 1. The first-order chi connectivity index (χ1) is 14.5. The minimum absolute atomic E-state index is 0.308. The maximum atomic E-state index is 12.1. The molecule has 4 rings (SSSR count). The first kappa shape index (κ1) is 20.6. The zero-order valence-corrected chi connectivity index (χ0v) is 18.6. The number of esters is 1. The molecular weight excluding hydrogens is 418 g/mol. The molecule has 2 aromatic heterocycles. The highest BCUT2D eigenvalue weighted by molar-refractivity contribution is 7.99. The summed E-state index contributed by atoms with van der Waals surface area (Å²) in [4.78, 5) is 14.2. The van der Waals surface area contributed by atoms with Crippen molar-refractivity contribution in [2.75, 3.05) is 6.61 Å². The van der Waals surface area contributed by atoms with Gasteiger partial charge >= 0.3 is 5.97 Å². The molecule has 154 valence electrons. The third-order valence-corrected chi connectivity index (χ3v) is 6.32. The monoisotopic (exact) mass is 439 g/mol. The van der Waals surface area contributed by atoms with Crippen LogP contribution in [0.25, 0.3) is 16.6 Å². The molecule has 2 aromatic carbocycles. The van der Waals surface area contributed by atoms with Crippen LogP contribution in [0.5, 0.6) is 0 Å². The van der Waals surface area contributed by atoms with Crippen LogP contribution in [0.4, 0.5) is 0 Å². The molecule has 0 atom stereocenters. The second kappa shape index (κ2) is 8.58. The summed E-state index contributed by atoms with van der Waals surface area (Å²) in [5.74, 6) is -0.308. The molecule has 0 aliphatic carbocycles. The lowest BCUT2D eigenvalue weighted by Gasteiger charge is -2.07. The molecule has 0 aliphatic heterocycles. The molecule has 7 heteroatoms. The SMILES string of the molecule is CCOC(=O)c1cccc(Sc2c(C)n(-c3cnn(CC)c3)c3cc(Cl)ccc23)c1. The standard InChI is InChI=1S/C23H22ClN3O2S/c1-4-26-14-18(13-25-26)27-15(3)22(20-10-9-17(24)12-21(20)27)30-19-8-6-7-16(11-19)23(28)29-5-2/h6-14H,4-5H2,1-3H3. The van der Waals surface area contributed by atoms with Crippen molar-refractivity contribution in [1.29, 1.82) is 0 Å². The van der Waals surface area contributed by atoms with E-state index in [0.29, 0.717) is 17.2 Å². The molecule has 0 fully saturated rings. The van der Waals surface area contributed by atoms with Gasteiger partial charge in [-0.15, -0.1) is 0 Å². The Morgan fingerprint density at radius 1 is 1.20 bits per heavy atom. The van der Waals surface area contributed by atoms with Crippen molar-refractivity contribution in [2.45, 2.75) is 37.1 Å². The van der Waals surface area contributed by atoms with Crippen LogP contribution in [0.15, 0.2) is 64.6 Å². The number of aryl methyl sites for hydroxylation is 1. The van der Waals surface area contributed by atoms with Gasteiger partial charge in [-0.05, 0) is 51.1 Å². The Balaban J connectivity index is 1.81. The molecule has 0 aliphatic rings.